The van der Waals surface area contributed by atoms with Gasteiger partial charge in [-0.1, -0.05) is 37.1 Å². The topological polar surface area (TPSA) is 46.5 Å². The molecule has 0 saturated carbocycles. The maximum atomic E-state index is 10.9. The summed E-state index contributed by atoms with van der Waals surface area (Å²) in [5, 5.41) is 8.97. The molecule has 0 aromatic heterocycles. The third-order valence-corrected chi connectivity index (χ3v) is 4.34. The van der Waals surface area contributed by atoms with Crippen LogP contribution in [0.4, 0.5) is 4.79 Å². The van der Waals surface area contributed by atoms with Gasteiger partial charge in [0.1, 0.15) is 6.10 Å². The lowest BCUT2D eigenvalue weighted by Crippen LogP contribution is -2.20. The minimum atomic E-state index is -1.14. The Morgan fingerprint density at radius 1 is 0.875 bits per heavy atom. The zero-order valence-corrected chi connectivity index (χ0v) is 16.6. The van der Waals surface area contributed by atoms with Crippen LogP contribution >= 0.6 is 0 Å². The van der Waals surface area contributed by atoms with E-state index in [9.17, 15) is 4.79 Å². The molecule has 3 nitrogen and oxygen atoms in total. The molecule has 3 unspecified atom stereocenters. The summed E-state index contributed by atoms with van der Waals surface area (Å²) in [7, 11) is 0. The standard InChI is InChI=1S/C21H38O3/c1-16(2)9-7-11-18(5)13-14-20(24-21(22)23)15-19(6)12-8-10-17(3)4/h9-10,18-20H,7-8,11-15H2,1-6H3,(H,22,23). The average molecular weight is 339 g/mol. The third kappa shape index (κ3) is 14.3. The normalized spacial score (nSPS) is 14.4. The second kappa shape index (κ2) is 13.1. The molecule has 0 radical (unpaired) electrons. The first kappa shape index (κ1) is 22.8. The van der Waals surface area contributed by atoms with Gasteiger partial charge in [0.15, 0.2) is 0 Å². The van der Waals surface area contributed by atoms with Gasteiger partial charge < -0.3 is 9.84 Å². The quantitative estimate of drug-likeness (QED) is 0.308. The van der Waals surface area contributed by atoms with Crippen molar-refractivity contribution in [1.29, 1.82) is 0 Å². The van der Waals surface area contributed by atoms with E-state index in [1.54, 1.807) is 0 Å². The summed E-state index contributed by atoms with van der Waals surface area (Å²) in [6.45, 7) is 12.9. The molecule has 140 valence electrons. The van der Waals surface area contributed by atoms with Crippen molar-refractivity contribution in [1.82, 2.24) is 0 Å². The lowest BCUT2D eigenvalue weighted by Gasteiger charge is -2.21. The van der Waals surface area contributed by atoms with Crippen molar-refractivity contribution in [2.45, 2.75) is 92.6 Å². The molecule has 0 saturated heterocycles. The van der Waals surface area contributed by atoms with Gasteiger partial charge in [-0.05, 0) is 84.5 Å². The van der Waals surface area contributed by atoms with E-state index in [1.807, 2.05) is 0 Å². The highest BCUT2D eigenvalue weighted by Crippen LogP contribution is 2.22. The summed E-state index contributed by atoms with van der Waals surface area (Å²) in [6, 6.07) is 0. The van der Waals surface area contributed by atoms with Gasteiger partial charge >= 0.3 is 6.16 Å². The lowest BCUT2D eigenvalue weighted by molar-refractivity contribution is 0.0351. The number of allylic oxidation sites excluding steroid dienone is 4. The number of rotatable bonds is 12. The van der Waals surface area contributed by atoms with Crippen LogP contribution in [0.1, 0.15) is 86.5 Å². The van der Waals surface area contributed by atoms with Crippen molar-refractivity contribution < 1.29 is 14.6 Å². The summed E-state index contributed by atoms with van der Waals surface area (Å²) in [5.41, 5.74) is 2.70. The Kier molecular flexibility index (Phi) is 12.4. The predicted octanol–water partition coefficient (Wildman–Crippen LogP) is 6.98. The molecule has 1 N–H and O–H groups in total. The Balaban J connectivity index is 4.27. The average Bonchev–Trinajstić information content (AvgIpc) is 2.43. The van der Waals surface area contributed by atoms with Crippen molar-refractivity contribution in [2.75, 3.05) is 0 Å². The Morgan fingerprint density at radius 2 is 1.38 bits per heavy atom. The van der Waals surface area contributed by atoms with Gasteiger partial charge in [0, 0.05) is 0 Å². The van der Waals surface area contributed by atoms with Gasteiger partial charge in [0.05, 0.1) is 0 Å². The first-order valence-corrected chi connectivity index (χ1v) is 9.37. The first-order chi connectivity index (χ1) is 11.2. The van der Waals surface area contributed by atoms with Crippen LogP contribution in [-0.2, 0) is 4.74 Å². The van der Waals surface area contributed by atoms with E-state index in [-0.39, 0.29) is 6.10 Å². The van der Waals surface area contributed by atoms with E-state index < -0.39 is 6.16 Å². The van der Waals surface area contributed by atoms with Crippen molar-refractivity contribution in [3.63, 3.8) is 0 Å². The van der Waals surface area contributed by atoms with Gasteiger partial charge in [0.25, 0.3) is 0 Å². The third-order valence-electron chi connectivity index (χ3n) is 4.34. The molecule has 0 bridgehead atoms. The molecule has 0 fully saturated rings. The highest BCUT2D eigenvalue weighted by Gasteiger charge is 2.18. The Bertz CT molecular complexity index is 401. The predicted molar refractivity (Wildman–Crippen MR) is 102 cm³/mol. The summed E-state index contributed by atoms with van der Waals surface area (Å²) >= 11 is 0. The van der Waals surface area contributed by atoms with Crippen LogP contribution in [0, 0.1) is 11.8 Å². The summed E-state index contributed by atoms with van der Waals surface area (Å²) in [5.74, 6) is 1.08. The van der Waals surface area contributed by atoms with Crippen LogP contribution in [-0.4, -0.2) is 17.4 Å². The fourth-order valence-corrected chi connectivity index (χ4v) is 2.86. The minimum absolute atomic E-state index is 0.171. The van der Waals surface area contributed by atoms with Crippen molar-refractivity contribution in [3.05, 3.63) is 23.3 Å². The molecule has 3 atom stereocenters. The molecular formula is C21H38O3. The molecule has 0 spiro atoms. The molecule has 0 amide bonds. The van der Waals surface area contributed by atoms with Crippen molar-refractivity contribution in [2.24, 2.45) is 11.8 Å². The number of hydrogen-bond acceptors (Lipinski definition) is 2. The highest BCUT2D eigenvalue weighted by atomic mass is 16.7. The van der Waals surface area contributed by atoms with Crippen molar-refractivity contribution in [3.8, 4) is 0 Å². The molecular weight excluding hydrogens is 300 g/mol. The lowest BCUT2D eigenvalue weighted by atomic mass is 9.92. The molecule has 0 heterocycles. The maximum Gasteiger partial charge on any atom is 0.506 e. The van der Waals surface area contributed by atoms with E-state index in [1.165, 1.54) is 11.1 Å². The molecule has 24 heavy (non-hydrogen) atoms. The van der Waals surface area contributed by atoms with Crippen LogP contribution in [0.2, 0.25) is 0 Å². The van der Waals surface area contributed by atoms with Crippen LogP contribution in [0.15, 0.2) is 23.3 Å². The zero-order chi connectivity index (χ0) is 18.5. The number of ether oxygens (including phenoxy) is 1. The van der Waals surface area contributed by atoms with Crippen LogP contribution in [0.5, 0.6) is 0 Å². The smallest absolute Gasteiger partial charge is 0.450 e. The number of carbonyl (C=O) groups is 1. The second-order valence-electron chi connectivity index (χ2n) is 7.75. The zero-order valence-electron chi connectivity index (χ0n) is 16.6. The minimum Gasteiger partial charge on any atom is -0.450 e. The Morgan fingerprint density at radius 3 is 1.83 bits per heavy atom. The van der Waals surface area contributed by atoms with E-state index >= 15 is 0 Å². The number of hydrogen-bond donors (Lipinski definition) is 1. The monoisotopic (exact) mass is 338 g/mol. The van der Waals surface area contributed by atoms with Crippen LogP contribution in [0.3, 0.4) is 0 Å². The fourth-order valence-electron chi connectivity index (χ4n) is 2.86. The first-order valence-electron chi connectivity index (χ1n) is 9.37. The maximum absolute atomic E-state index is 10.9. The molecule has 3 heteroatoms. The summed E-state index contributed by atoms with van der Waals surface area (Å²) in [6.07, 6.45) is 10.3. The SMILES string of the molecule is CC(C)=CCCC(C)CCC(CC(C)CCC=C(C)C)OC(=O)O. The van der Waals surface area contributed by atoms with Gasteiger partial charge in [0.2, 0.25) is 0 Å². The molecule has 0 rings (SSSR count). The van der Waals surface area contributed by atoms with E-state index in [0.717, 1.165) is 44.9 Å². The van der Waals surface area contributed by atoms with E-state index in [2.05, 4.69) is 53.7 Å². The summed E-state index contributed by atoms with van der Waals surface area (Å²) in [4.78, 5) is 10.9. The fraction of sp³-hybridized carbons (Fsp3) is 0.762. The van der Waals surface area contributed by atoms with E-state index in [0.29, 0.717) is 11.8 Å². The van der Waals surface area contributed by atoms with Crippen LogP contribution in [0.25, 0.3) is 0 Å². The molecule has 0 aliphatic carbocycles. The Labute approximate surface area is 149 Å². The molecule has 0 aromatic rings. The van der Waals surface area contributed by atoms with Crippen molar-refractivity contribution >= 4 is 6.16 Å². The van der Waals surface area contributed by atoms with Gasteiger partial charge in [-0.3, -0.25) is 0 Å². The van der Waals surface area contributed by atoms with Crippen LogP contribution < -0.4 is 0 Å². The highest BCUT2D eigenvalue weighted by molar-refractivity contribution is 5.57. The Hall–Kier alpha value is -1.25. The number of carboxylic acid groups (broad SMARTS) is 1. The van der Waals surface area contributed by atoms with Gasteiger partial charge in [-0.2, -0.15) is 0 Å². The van der Waals surface area contributed by atoms with Gasteiger partial charge in [-0.25, -0.2) is 4.79 Å². The largest absolute Gasteiger partial charge is 0.506 e. The molecule has 0 aromatic carbocycles. The van der Waals surface area contributed by atoms with Gasteiger partial charge in [-0.15, -0.1) is 0 Å². The summed E-state index contributed by atoms with van der Waals surface area (Å²) < 4.78 is 5.13. The molecule has 0 aliphatic rings. The molecule has 0 aliphatic heterocycles. The van der Waals surface area contributed by atoms with E-state index in [4.69, 9.17) is 9.84 Å². The second-order valence-corrected chi connectivity index (χ2v) is 7.75.